The molecule has 0 fully saturated rings. The monoisotopic (exact) mass is 273 g/mol. The Morgan fingerprint density at radius 1 is 1.35 bits per heavy atom. The number of aliphatic hydroxyl groups is 1. The predicted octanol–water partition coefficient (Wildman–Crippen LogP) is 1.36. The highest BCUT2D eigenvalue weighted by Crippen LogP contribution is 2.10. The molecule has 1 heterocycles. The topological polar surface area (TPSA) is 78.0 Å². The van der Waals surface area contributed by atoms with Crippen molar-refractivity contribution in [1.29, 1.82) is 0 Å². The lowest BCUT2D eigenvalue weighted by atomic mass is 10.1. The van der Waals surface area contributed by atoms with Crippen LogP contribution in [0.4, 0.5) is 0 Å². The molecule has 1 aromatic heterocycles. The normalized spacial score (nSPS) is 12.2. The van der Waals surface area contributed by atoms with E-state index in [4.69, 9.17) is 0 Å². The first-order valence-corrected chi connectivity index (χ1v) is 6.59. The van der Waals surface area contributed by atoms with Crippen molar-refractivity contribution in [3.63, 3.8) is 0 Å². The molecule has 1 amide bonds. The van der Waals surface area contributed by atoms with Gasteiger partial charge in [-0.1, -0.05) is 30.3 Å². The molecular formula is C15H19N3O2. The van der Waals surface area contributed by atoms with Gasteiger partial charge in [-0.25, -0.2) is 0 Å². The SMILES string of the molecule is Cc1n[nH]c(C)c1C(=O)N[C@H](CO)Cc1ccccc1. The highest BCUT2D eigenvalue weighted by Gasteiger charge is 2.18. The van der Waals surface area contributed by atoms with Crippen molar-refractivity contribution >= 4 is 5.91 Å². The van der Waals surface area contributed by atoms with Crippen molar-refractivity contribution in [3.05, 3.63) is 52.8 Å². The molecule has 3 N–H and O–H groups in total. The van der Waals surface area contributed by atoms with Gasteiger partial charge in [0.15, 0.2) is 0 Å². The standard InChI is InChI=1S/C15H19N3O2/c1-10-14(11(2)18-17-10)15(20)16-13(9-19)8-12-6-4-3-5-7-12/h3-7,13,19H,8-9H2,1-2H3,(H,16,20)(H,17,18)/t13-/m0/s1. The molecule has 0 aliphatic carbocycles. The zero-order valence-corrected chi connectivity index (χ0v) is 11.7. The van der Waals surface area contributed by atoms with Crippen LogP contribution in [-0.4, -0.2) is 33.9 Å². The van der Waals surface area contributed by atoms with Crippen molar-refractivity contribution < 1.29 is 9.90 Å². The van der Waals surface area contributed by atoms with Crippen LogP contribution < -0.4 is 5.32 Å². The maximum Gasteiger partial charge on any atom is 0.255 e. The summed E-state index contributed by atoms with van der Waals surface area (Å²) < 4.78 is 0. The molecule has 106 valence electrons. The fourth-order valence-electron chi connectivity index (χ4n) is 2.20. The van der Waals surface area contributed by atoms with Gasteiger partial charge in [0.05, 0.1) is 23.9 Å². The molecule has 1 aromatic carbocycles. The first kappa shape index (κ1) is 14.3. The fourth-order valence-corrected chi connectivity index (χ4v) is 2.20. The van der Waals surface area contributed by atoms with Crippen molar-refractivity contribution in [2.24, 2.45) is 0 Å². The first-order valence-electron chi connectivity index (χ1n) is 6.59. The van der Waals surface area contributed by atoms with Gasteiger partial charge in [0.25, 0.3) is 5.91 Å². The Bertz CT molecular complexity index is 559. The van der Waals surface area contributed by atoms with Crippen LogP contribution in [0, 0.1) is 13.8 Å². The summed E-state index contributed by atoms with van der Waals surface area (Å²) in [6, 6.07) is 9.46. The van der Waals surface area contributed by atoms with E-state index in [0.717, 1.165) is 11.3 Å². The predicted molar refractivity (Wildman–Crippen MR) is 76.5 cm³/mol. The number of hydrogen-bond acceptors (Lipinski definition) is 3. The average molecular weight is 273 g/mol. The summed E-state index contributed by atoms with van der Waals surface area (Å²) in [5.74, 6) is -0.205. The Balaban J connectivity index is 2.05. The second kappa shape index (κ2) is 6.34. The molecule has 2 aromatic rings. The van der Waals surface area contributed by atoms with Crippen LogP contribution in [0.25, 0.3) is 0 Å². The number of nitrogens with one attached hydrogen (secondary N) is 2. The number of aliphatic hydroxyl groups excluding tert-OH is 1. The van der Waals surface area contributed by atoms with E-state index >= 15 is 0 Å². The quantitative estimate of drug-likeness (QED) is 0.769. The van der Waals surface area contributed by atoms with Gasteiger partial charge < -0.3 is 10.4 Å². The molecule has 0 spiro atoms. The van der Waals surface area contributed by atoms with Crippen LogP contribution >= 0.6 is 0 Å². The van der Waals surface area contributed by atoms with Crippen LogP contribution in [0.15, 0.2) is 30.3 Å². The van der Waals surface area contributed by atoms with E-state index in [1.54, 1.807) is 13.8 Å². The highest BCUT2D eigenvalue weighted by atomic mass is 16.3. The van der Waals surface area contributed by atoms with Gasteiger partial charge in [-0.15, -0.1) is 0 Å². The minimum atomic E-state index is -0.307. The van der Waals surface area contributed by atoms with Gasteiger partial charge in [0, 0.05) is 5.69 Å². The van der Waals surface area contributed by atoms with Crippen molar-refractivity contribution in [1.82, 2.24) is 15.5 Å². The van der Waals surface area contributed by atoms with Gasteiger partial charge in [0.1, 0.15) is 0 Å². The number of rotatable bonds is 5. The first-order chi connectivity index (χ1) is 9.61. The van der Waals surface area contributed by atoms with Gasteiger partial charge >= 0.3 is 0 Å². The van der Waals surface area contributed by atoms with E-state index < -0.39 is 0 Å². The number of carbonyl (C=O) groups excluding carboxylic acids is 1. The molecule has 0 unspecified atom stereocenters. The van der Waals surface area contributed by atoms with Gasteiger partial charge in [0.2, 0.25) is 0 Å². The van der Waals surface area contributed by atoms with Crippen LogP contribution in [0.5, 0.6) is 0 Å². The van der Waals surface area contributed by atoms with Crippen molar-refractivity contribution in [2.45, 2.75) is 26.3 Å². The number of aromatic amines is 1. The minimum Gasteiger partial charge on any atom is -0.394 e. The summed E-state index contributed by atoms with van der Waals surface area (Å²) in [6.45, 7) is 3.49. The minimum absolute atomic E-state index is 0.101. The largest absolute Gasteiger partial charge is 0.394 e. The van der Waals surface area contributed by atoms with E-state index in [-0.39, 0.29) is 18.6 Å². The molecule has 0 aliphatic heterocycles. The third kappa shape index (κ3) is 3.24. The molecule has 0 aliphatic rings. The Morgan fingerprint density at radius 3 is 2.60 bits per heavy atom. The Kier molecular flexibility index (Phi) is 4.53. The van der Waals surface area contributed by atoms with Gasteiger partial charge in [-0.3, -0.25) is 9.89 Å². The lowest BCUT2D eigenvalue weighted by Crippen LogP contribution is -2.39. The summed E-state index contributed by atoms with van der Waals surface area (Å²) in [5.41, 5.74) is 3.02. The van der Waals surface area contributed by atoms with Crippen LogP contribution in [0.1, 0.15) is 27.3 Å². The molecule has 0 saturated carbocycles. The third-order valence-corrected chi connectivity index (χ3v) is 3.24. The number of hydrogen-bond donors (Lipinski definition) is 3. The lowest BCUT2D eigenvalue weighted by molar-refractivity contribution is 0.0915. The molecule has 5 nitrogen and oxygen atoms in total. The van der Waals surface area contributed by atoms with Crippen LogP contribution in [0.2, 0.25) is 0 Å². The molecule has 0 bridgehead atoms. The van der Waals surface area contributed by atoms with E-state index in [2.05, 4.69) is 15.5 Å². The molecule has 1 atom stereocenters. The van der Waals surface area contributed by atoms with Crippen LogP contribution in [0.3, 0.4) is 0 Å². The highest BCUT2D eigenvalue weighted by molar-refractivity contribution is 5.96. The Hall–Kier alpha value is -2.14. The van der Waals surface area contributed by atoms with Crippen molar-refractivity contribution in [3.8, 4) is 0 Å². The second-order valence-electron chi connectivity index (χ2n) is 4.85. The summed E-state index contributed by atoms with van der Waals surface area (Å²) in [6.07, 6.45) is 0.596. The fraction of sp³-hybridized carbons (Fsp3) is 0.333. The van der Waals surface area contributed by atoms with Gasteiger partial charge in [-0.05, 0) is 25.8 Å². The Labute approximate surface area is 118 Å². The van der Waals surface area contributed by atoms with Crippen molar-refractivity contribution in [2.75, 3.05) is 6.61 Å². The number of amides is 1. The van der Waals surface area contributed by atoms with E-state index in [1.165, 1.54) is 0 Å². The number of nitrogens with zero attached hydrogens (tertiary/aromatic N) is 1. The zero-order chi connectivity index (χ0) is 14.5. The molecule has 20 heavy (non-hydrogen) atoms. The summed E-state index contributed by atoms with van der Waals surface area (Å²) >= 11 is 0. The van der Waals surface area contributed by atoms with Crippen LogP contribution in [-0.2, 0) is 6.42 Å². The maximum absolute atomic E-state index is 12.2. The number of carbonyl (C=O) groups is 1. The van der Waals surface area contributed by atoms with Gasteiger partial charge in [-0.2, -0.15) is 5.10 Å². The average Bonchev–Trinajstić information content (AvgIpc) is 2.78. The third-order valence-electron chi connectivity index (χ3n) is 3.24. The maximum atomic E-state index is 12.2. The number of aryl methyl sites for hydroxylation is 2. The molecule has 0 radical (unpaired) electrons. The van der Waals surface area contributed by atoms with E-state index in [1.807, 2.05) is 30.3 Å². The molecule has 5 heteroatoms. The van der Waals surface area contributed by atoms with E-state index in [0.29, 0.717) is 17.7 Å². The second-order valence-corrected chi connectivity index (χ2v) is 4.85. The zero-order valence-electron chi connectivity index (χ0n) is 11.7. The summed E-state index contributed by atoms with van der Waals surface area (Å²) in [5, 5.41) is 19.1. The smallest absolute Gasteiger partial charge is 0.255 e. The summed E-state index contributed by atoms with van der Waals surface area (Å²) in [4.78, 5) is 12.2. The molecular weight excluding hydrogens is 254 g/mol. The Morgan fingerprint density at radius 2 is 2.05 bits per heavy atom. The summed E-state index contributed by atoms with van der Waals surface area (Å²) in [7, 11) is 0. The molecule has 0 saturated heterocycles. The van der Waals surface area contributed by atoms with E-state index in [9.17, 15) is 9.90 Å². The number of aromatic nitrogens is 2. The number of benzene rings is 1. The molecule has 2 rings (SSSR count). The number of H-pyrrole nitrogens is 1. The lowest BCUT2D eigenvalue weighted by Gasteiger charge is -2.16.